The third kappa shape index (κ3) is 5.04. The highest BCUT2D eigenvalue weighted by atomic mass is 16.6. The van der Waals surface area contributed by atoms with Gasteiger partial charge in [-0.15, -0.1) is 0 Å². The summed E-state index contributed by atoms with van der Waals surface area (Å²) in [5, 5.41) is 5.32. The van der Waals surface area contributed by atoms with E-state index in [1.807, 2.05) is 0 Å². The minimum Gasteiger partial charge on any atom is -0.385 e. The number of methoxy groups -OCH3 is 1. The number of unbranched alkanes of at least 4 members (excludes halogenated alkanes) is 2. The second kappa shape index (κ2) is 8.98. The molecule has 1 aliphatic heterocycles. The lowest BCUT2D eigenvalue weighted by molar-refractivity contribution is 0.192. The lowest BCUT2D eigenvalue weighted by atomic mass is 9.97. The average molecular weight is 336 g/mol. The maximum atomic E-state index is 5.35. The predicted molar refractivity (Wildman–Crippen MR) is 106 cm³/mol. The van der Waals surface area contributed by atoms with Crippen LogP contribution in [0, 0.1) is 0 Å². The lowest BCUT2D eigenvalue weighted by Crippen LogP contribution is -1.94. The van der Waals surface area contributed by atoms with Gasteiger partial charge in [-0.1, -0.05) is 62.2 Å². The Bertz CT molecular complexity index is 801. The SMILES string of the molecule is CCCCCOC.c1ccc2cc3c(CC4CO4)cccc3cc2c1. The second-order valence-corrected chi connectivity index (χ2v) is 6.70. The Labute approximate surface area is 150 Å². The Morgan fingerprint density at radius 2 is 1.68 bits per heavy atom. The quantitative estimate of drug-likeness (QED) is 0.324. The molecule has 1 unspecified atom stereocenters. The van der Waals surface area contributed by atoms with Crippen molar-refractivity contribution in [3.8, 4) is 0 Å². The Morgan fingerprint density at radius 3 is 2.36 bits per heavy atom. The van der Waals surface area contributed by atoms with Crippen molar-refractivity contribution in [2.75, 3.05) is 20.3 Å². The fourth-order valence-corrected chi connectivity index (χ4v) is 3.14. The predicted octanol–water partition coefficient (Wildman–Crippen LogP) is 5.76. The van der Waals surface area contributed by atoms with Crippen molar-refractivity contribution in [3.63, 3.8) is 0 Å². The molecule has 25 heavy (non-hydrogen) atoms. The summed E-state index contributed by atoms with van der Waals surface area (Å²) in [6, 6.07) is 19.7. The van der Waals surface area contributed by atoms with Gasteiger partial charge in [-0.25, -0.2) is 0 Å². The van der Waals surface area contributed by atoms with Crippen LogP contribution in [0.1, 0.15) is 31.7 Å². The van der Waals surface area contributed by atoms with Gasteiger partial charge >= 0.3 is 0 Å². The molecule has 3 aromatic carbocycles. The van der Waals surface area contributed by atoms with Gasteiger partial charge in [0.05, 0.1) is 12.7 Å². The van der Waals surface area contributed by atoms with Crippen LogP contribution in [-0.4, -0.2) is 26.4 Å². The number of fused-ring (bicyclic) bond motifs is 2. The molecule has 132 valence electrons. The van der Waals surface area contributed by atoms with Gasteiger partial charge in [0.1, 0.15) is 0 Å². The minimum absolute atomic E-state index is 0.446. The maximum Gasteiger partial charge on any atom is 0.0850 e. The van der Waals surface area contributed by atoms with Crippen LogP contribution in [0.2, 0.25) is 0 Å². The summed E-state index contributed by atoms with van der Waals surface area (Å²) in [6.07, 6.45) is 5.28. The van der Waals surface area contributed by atoms with Crippen molar-refractivity contribution >= 4 is 21.5 Å². The van der Waals surface area contributed by atoms with E-state index in [0.717, 1.165) is 19.6 Å². The van der Waals surface area contributed by atoms with Crippen LogP contribution in [0.15, 0.2) is 54.6 Å². The first-order chi connectivity index (χ1) is 12.3. The summed E-state index contributed by atoms with van der Waals surface area (Å²) in [6.45, 7) is 4.04. The molecule has 1 atom stereocenters. The van der Waals surface area contributed by atoms with Crippen LogP contribution < -0.4 is 0 Å². The number of hydrogen-bond acceptors (Lipinski definition) is 2. The highest BCUT2D eigenvalue weighted by molar-refractivity contribution is 5.99. The van der Waals surface area contributed by atoms with E-state index >= 15 is 0 Å². The maximum absolute atomic E-state index is 5.35. The molecular formula is C23H28O2. The average Bonchev–Trinajstić information content (AvgIpc) is 3.46. The number of rotatable bonds is 6. The summed E-state index contributed by atoms with van der Waals surface area (Å²) in [4.78, 5) is 0. The highest BCUT2D eigenvalue weighted by Gasteiger charge is 2.23. The molecule has 0 amide bonds. The Hall–Kier alpha value is -1.90. The van der Waals surface area contributed by atoms with E-state index in [-0.39, 0.29) is 0 Å². The van der Waals surface area contributed by atoms with Crippen LogP contribution in [0.4, 0.5) is 0 Å². The minimum atomic E-state index is 0.446. The number of ether oxygens (including phenoxy) is 2. The second-order valence-electron chi connectivity index (χ2n) is 6.70. The summed E-state index contributed by atoms with van der Waals surface area (Å²) in [7, 11) is 1.75. The monoisotopic (exact) mass is 336 g/mol. The van der Waals surface area contributed by atoms with Crippen molar-refractivity contribution < 1.29 is 9.47 Å². The van der Waals surface area contributed by atoms with Crippen molar-refractivity contribution in [3.05, 3.63) is 60.2 Å². The van der Waals surface area contributed by atoms with Crippen molar-refractivity contribution in [2.24, 2.45) is 0 Å². The molecular weight excluding hydrogens is 308 g/mol. The molecule has 2 nitrogen and oxygen atoms in total. The van der Waals surface area contributed by atoms with E-state index in [2.05, 4.69) is 61.5 Å². The van der Waals surface area contributed by atoms with Gasteiger partial charge in [0.2, 0.25) is 0 Å². The third-order valence-electron chi connectivity index (χ3n) is 4.64. The fourth-order valence-electron chi connectivity index (χ4n) is 3.14. The van der Waals surface area contributed by atoms with Gasteiger partial charge in [0.25, 0.3) is 0 Å². The van der Waals surface area contributed by atoms with Crippen LogP contribution in [0.3, 0.4) is 0 Å². The Kier molecular flexibility index (Phi) is 6.43. The molecule has 2 heteroatoms. The van der Waals surface area contributed by atoms with Gasteiger partial charge < -0.3 is 9.47 Å². The topological polar surface area (TPSA) is 21.8 Å². The van der Waals surface area contributed by atoms with E-state index < -0.39 is 0 Å². The van der Waals surface area contributed by atoms with Gasteiger partial charge in [-0.2, -0.15) is 0 Å². The molecule has 0 bridgehead atoms. The molecule has 1 saturated heterocycles. The van der Waals surface area contributed by atoms with Crippen molar-refractivity contribution in [2.45, 2.75) is 38.7 Å². The van der Waals surface area contributed by atoms with E-state index in [1.54, 1.807) is 7.11 Å². The molecule has 0 N–H and O–H groups in total. The van der Waals surface area contributed by atoms with Crippen molar-refractivity contribution in [1.82, 2.24) is 0 Å². The molecule has 1 aliphatic rings. The summed E-state index contributed by atoms with van der Waals surface area (Å²) >= 11 is 0. The first-order valence-electron chi connectivity index (χ1n) is 9.32. The van der Waals surface area contributed by atoms with E-state index in [1.165, 1.54) is 46.4 Å². The van der Waals surface area contributed by atoms with Crippen LogP contribution in [0.5, 0.6) is 0 Å². The third-order valence-corrected chi connectivity index (χ3v) is 4.64. The molecule has 3 aromatic rings. The van der Waals surface area contributed by atoms with Gasteiger partial charge in [0.15, 0.2) is 0 Å². The lowest BCUT2D eigenvalue weighted by Gasteiger charge is -2.07. The first-order valence-corrected chi connectivity index (χ1v) is 9.32. The van der Waals surface area contributed by atoms with E-state index in [4.69, 9.17) is 9.47 Å². The van der Waals surface area contributed by atoms with Crippen molar-refractivity contribution in [1.29, 1.82) is 0 Å². The standard InChI is InChI=1S/C17H14O.C6H14O/c1-2-5-13-10-17-14(8-12(13)4-1)6-3-7-15(17)9-16-11-18-16;1-3-4-5-6-7-2/h1-8,10,16H,9,11H2;3-6H2,1-2H3. The summed E-state index contributed by atoms with van der Waals surface area (Å²) in [5.41, 5.74) is 1.40. The summed E-state index contributed by atoms with van der Waals surface area (Å²) in [5.74, 6) is 0. The van der Waals surface area contributed by atoms with Crippen LogP contribution in [0.25, 0.3) is 21.5 Å². The van der Waals surface area contributed by atoms with E-state index in [9.17, 15) is 0 Å². The normalized spacial score (nSPS) is 15.8. The molecule has 4 rings (SSSR count). The summed E-state index contributed by atoms with van der Waals surface area (Å²) < 4.78 is 10.2. The number of hydrogen-bond donors (Lipinski definition) is 0. The molecule has 0 aliphatic carbocycles. The smallest absolute Gasteiger partial charge is 0.0850 e. The molecule has 0 aromatic heterocycles. The zero-order chi connectivity index (χ0) is 17.5. The zero-order valence-electron chi connectivity index (χ0n) is 15.3. The largest absolute Gasteiger partial charge is 0.385 e. The first kappa shape index (κ1) is 17.9. The highest BCUT2D eigenvalue weighted by Crippen LogP contribution is 2.28. The molecule has 1 fully saturated rings. The van der Waals surface area contributed by atoms with E-state index in [0.29, 0.717) is 6.10 Å². The van der Waals surface area contributed by atoms with Crippen LogP contribution in [-0.2, 0) is 15.9 Å². The molecule has 0 spiro atoms. The van der Waals surface area contributed by atoms with Gasteiger partial charge in [0, 0.05) is 20.1 Å². The molecule has 1 heterocycles. The molecule has 0 saturated carbocycles. The fraction of sp³-hybridized carbons (Fsp3) is 0.391. The van der Waals surface area contributed by atoms with Gasteiger partial charge in [-0.05, 0) is 45.7 Å². The number of benzene rings is 3. The van der Waals surface area contributed by atoms with Gasteiger partial charge in [-0.3, -0.25) is 0 Å². The van der Waals surface area contributed by atoms with Crippen LogP contribution >= 0.6 is 0 Å². The Balaban J connectivity index is 0.000000225. The molecule has 0 radical (unpaired) electrons. The number of epoxide rings is 1. The zero-order valence-corrected chi connectivity index (χ0v) is 15.3. The Morgan fingerprint density at radius 1 is 0.960 bits per heavy atom.